The van der Waals surface area contributed by atoms with Crippen molar-refractivity contribution in [2.24, 2.45) is 32.7 Å². The molecule has 0 amide bonds. The molecule has 0 aromatic rings. The molecule has 0 rings (SSSR count). The van der Waals surface area contributed by atoms with E-state index in [1.165, 1.54) is 199 Å². The number of thiocarbonyl (C=S) groups is 2. The number of aliphatic carboxylic acids is 3. The summed E-state index contributed by atoms with van der Waals surface area (Å²) in [5, 5.41) is 32.5. The molecule has 426 valence electrons. The fourth-order valence-corrected chi connectivity index (χ4v) is 9.63. The van der Waals surface area contributed by atoms with Crippen LogP contribution in [0.3, 0.4) is 0 Å². The summed E-state index contributed by atoms with van der Waals surface area (Å²) in [5.74, 6) is 0.0211. The zero-order chi connectivity index (χ0) is 54.4. The van der Waals surface area contributed by atoms with Crippen molar-refractivity contribution < 1.29 is 29.7 Å². The van der Waals surface area contributed by atoms with Gasteiger partial charge in [-0.3, -0.25) is 14.4 Å². The zero-order valence-corrected chi connectivity index (χ0v) is 49.4. The monoisotopic (exact) mass is 1060 g/mol. The van der Waals surface area contributed by atoms with Crippen LogP contribution < -0.4 is 0 Å². The van der Waals surface area contributed by atoms with Crippen LogP contribution in [0.4, 0.5) is 0 Å². The molecule has 0 bridgehead atoms. The van der Waals surface area contributed by atoms with E-state index in [2.05, 4.69) is 83.0 Å². The summed E-state index contributed by atoms with van der Waals surface area (Å²) in [4.78, 5) is 45.5. The maximum Gasteiger partial charge on any atom is 0.306 e. The number of isothiocyanates is 2. The lowest BCUT2D eigenvalue weighted by atomic mass is 9.95. The molecule has 0 heterocycles. The van der Waals surface area contributed by atoms with Gasteiger partial charge in [-0.2, -0.15) is 0 Å². The molecule has 0 fully saturated rings. The van der Waals surface area contributed by atoms with E-state index in [0.717, 1.165) is 89.9 Å². The van der Waals surface area contributed by atoms with Gasteiger partial charge in [-0.25, -0.2) is 15.0 Å². The Bertz CT molecular complexity index is 1350. The number of unbranched alkanes of at least 4 members (excludes halogenated alkanes) is 34. The van der Waals surface area contributed by atoms with Crippen LogP contribution in [0.25, 0.3) is 0 Å². The van der Waals surface area contributed by atoms with E-state index in [1.54, 1.807) is 0 Å². The normalized spacial score (nSPS) is 11.9. The van der Waals surface area contributed by atoms with Crippen molar-refractivity contribution in [2.75, 3.05) is 19.6 Å². The summed E-state index contributed by atoms with van der Waals surface area (Å²) in [6, 6.07) is 0. The number of nitrogens with zero attached hydrogens (tertiary/aromatic N) is 3. The fraction of sp³-hybridized carbons (Fsp3) is 0.887. The third-order valence-electron chi connectivity index (χ3n) is 14.2. The Labute approximate surface area is 461 Å². The van der Waals surface area contributed by atoms with Gasteiger partial charge in [0.05, 0.1) is 28.1 Å². The fourth-order valence-electron chi connectivity index (χ4n) is 9.44. The number of rotatable bonds is 55. The van der Waals surface area contributed by atoms with Crippen molar-refractivity contribution in [3.05, 3.63) is 6.58 Å². The Balaban J connectivity index is -0.00000101. The van der Waals surface area contributed by atoms with Crippen LogP contribution in [0.15, 0.2) is 21.6 Å². The van der Waals surface area contributed by atoms with Crippen LogP contribution in [-0.2, 0) is 14.4 Å². The van der Waals surface area contributed by atoms with Gasteiger partial charge in [0.15, 0.2) is 0 Å². The Hall–Kier alpha value is -2.54. The van der Waals surface area contributed by atoms with Gasteiger partial charge in [0.2, 0.25) is 0 Å². The lowest BCUT2D eigenvalue weighted by Gasteiger charge is -2.11. The molecular weight excluding hydrogens is 947 g/mol. The van der Waals surface area contributed by atoms with Crippen LogP contribution >= 0.6 is 24.4 Å². The molecule has 73 heavy (non-hydrogen) atoms. The number of aliphatic imine (C=N–C) groups is 3. The standard InChI is InChI=1S/C23H43NO2.C20H37NO2S.C19H35NO2S/c1-3-5-6-7-8-9-10-11-12-13-14-15-16-19-22(23(25)26)20-17-18-21-24-4-2;1-2-3-4-5-6-7-8-9-10-11-12-15-19(20(22)23)16-13-14-17-21-18-24;1-2-3-4-5-6-7-8-9-10-11-12-14-18(19(21)22)15-13-16-20-17-23/h22H,2-3,5-21H2,1H3,(H,25,26);19H,2-17H2,1H3,(H,22,23);18H,2-16H2,1H3,(H,21,22). The number of hydrogen-bond donors (Lipinski definition) is 3. The van der Waals surface area contributed by atoms with E-state index in [-0.39, 0.29) is 17.8 Å². The predicted molar refractivity (Wildman–Crippen MR) is 320 cm³/mol. The van der Waals surface area contributed by atoms with Gasteiger partial charge in [-0.15, -0.1) is 0 Å². The molecular formula is C62H115N3O6S2. The van der Waals surface area contributed by atoms with E-state index in [4.69, 9.17) is 0 Å². The highest BCUT2D eigenvalue weighted by Gasteiger charge is 2.18. The van der Waals surface area contributed by atoms with Gasteiger partial charge in [0, 0.05) is 19.6 Å². The van der Waals surface area contributed by atoms with E-state index in [0.29, 0.717) is 26.1 Å². The quantitative estimate of drug-likeness (QED) is 0.0310. The van der Waals surface area contributed by atoms with Crippen LogP contribution in [-0.4, -0.2) is 69.1 Å². The lowest BCUT2D eigenvalue weighted by molar-refractivity contribution is -0.143. The number of carbonyl (C=O) groups is 3. The molecule has 0 aliphatic rings. The minimum absolute atomic E-state index is 0.171. The molecule has 0 saturated carbocycles. The molecule has 0 saturated heterocycles. The Kier molecular flexibility index (Phi) is 67.1. The van der Waals surface area contributed by atoms with Crippen molar-refractivity contribution in [3.8, 4) is 0 Å². The summed E-state index contributed by atoms with van der Waals surface area (Å²) in [7, 11) is 0. The maximum atomic E-state index is 11.3. The zero-order valence-electron chi connectivity index (χ0n) is 47.8. The smallest absolute Gasteiger partial charge is 0.306 e. The van der Waals surface area contributed by atoms with Crippen molar-refractivity contribution in [1.29, 1.82) is 0 Å². The van der Waals surface area contributed by atoms with Crippen LogP contribution in [0.1, 0.15) is 316 Å². The number of carboxylic acid groups (broad SMARTS) is 3. The minimum Gasteiger partial charge on any atom is -0.481 e. The van der Waals surface area contributed by atoms with E-state index < -0.39 is 17.9 Å². The number of hydrogen-bond acceptors (Lipinski definition) is 8. The van der Waals surface area contributed by atoms with Crippen molar-refractivity contribution in [2.45, 2.75) is 316 Å². The van der Waals surface area contributed by atoms with Crippen molar-refractivity contribution in [1.82, 2.24) is 0 Å². The van der Waals surface area contributed by atoms with E-state index >= 15 is 0 Å². The highest BCUT2D eigenvalue weighted by molar-refractivity contribution is 7.78. The second-order valence-electron chi connectivity index (χ2n) is 20.9. The van der Waals surface area contributed by atoms with Gasteiger partial charge in [-0.1, -0.05) is 258 Å². The lowest BCUT2D eigenvalue weighted by Crippen LogP contribution is -2.14. The highest BCUT2D eigenvalue weighted by atomic mass is 32.1. The molecule has 3 unspecified atom stereocenters. The molecule has 9 nitrogen and oxygen atoms in total. The summed E-state index contributed by atoms with van der Waals surface area (Å²) in [6.45, 7) is 12.2. The van der Waals surface area contributed by atoms with Crippen molar-refractivity contribution in [3.63, 3.8) is 0 Å². The maximum absolute atomic E-state index is 11.3. The molecule has 0 aromatic heterocycles. The molecule has 0 aliphatic heterocycles. The Morgan fingerprint density at radius 1 is 0.329 bits per heavy atom. The molecule has 0 spiro atoms. The molecule has 0 radical (unpaired) electrons. The van der Waals surface area contributed by atoms with Crippen molar-refractivity contribution >= 4 is 58.5 Å². The van der Waals surface area contributed by atoms with Gasteiger partial charge in [-0.05, 0) is 94.7 Å². The summed E-state index contributed by atoms with van der Waals surface area (Å²) in [6.07, 6.45) is 55.1. The Morgan fingerprint density at radius 3 is 0.740 bits per heavy atom. The second kappa shape index (κ2) is 65.6. The first-order valence-corrected chi connectivity index (χ1v) is 31.4. The van der Waals surface area contributed by atoms with E-state index in [9.17, 15) is 29.7 Å². The first-order chi connectivity index (χ1) is 35.7. The summed E-state index contributed by atoms with van der Waals surface area (Å²) in [5.41, 5.74) is 0. The minimum atomic E-state index is -0.664. The van der Waals surface area contributed by atoms with Crippen LogP contribution in [0, 0.1) is 17.8 Å². The highest BCUT2D eigenvalue weighted by Crippen LogP contribution is 2.22. The van der Waals surface area contributed by atoms with Gasteiger partial charge < -0.3 is 15.3 Å². The summed E-state index contributed by atoms with van der Waals surface area (Å²) >= 11 is 9.02. The molecule has 0 aromatic carbocycles. The first-order valence-electron chi connectivity index (χ1n) is 30.6. The van der Waals surface area contributed by atoms with Gasteiger partial charge in [0.1, 0.15) is 0 Å². The third kappa shape index (κ3) is 63.7. The summed E-state index contributed by atoms with van der Waals surface area (Å²) < 4.78 is 0. The van der Waals surface area contributed by atoms with Crippen LogP contribution in [0.5, 0.6) is 0 Å². The first kappa shape index (κ1) is 74.7. The van der Waals surface area contributed by atoms with Gasteiger partial charge >= 0.3 is 17.9 Å². The average molecular weight is 1060 g/mol. The van der Waals surface area contributed by atoms with Gasteiger partial charge in [0.25, 0.3) is 0 Å². The third-order valence-corrected chi connectivity index (χ3v) is 14.5. The predicted octanol–water partition coefficient (Wildman–Crippen LogP) is 20.1. The number of carboxylic acids is 3. The molecule has 11 heteroatoms. The SMILES string of the molecule is C=C=NCCCCC(CCCCCCCCCCCCCCC)C(=O)O.CCCCCCCCCCCCCC(CCCCN=C=S)C(=O)O.CCCCCCCCCCCCCC(CCCN=C=S)C(=O)O. The average Bonchev–Trinajstić information content (AvgIpc) is 3.37. The second-order valence-corrected chi connectivity index (χ2v) is 21.3. The molecule has 3 atom stereocenters. The van der Waals surface area contributed by atoms with E-state index in [1.807, 2.05) is 0 Å². The largest absolute Gasteiger partial charge is 0.481 e. The molecule has 0 aliphatic carbocycles. The topological polar surface area (TPSA) is 149 Å². The van der Waals surface area contributed by atoms with Crippen LogP contribution in [0.2, 0.25) is 0 Å². The molecule has 3 N–H and O–H groups in total. The Morgan fingerprint density at radius 2 is 0.521 bits per heavy atom.